The van der Waals surface area contributed by atoms with Crippen LogP contribution in [0.2, 0.25) is 0 Å². The van der Waals surface area contributed by atoms with E-state index in [1.165, 1.54) is 12.1 Å². The highest BCUT2D eigenvalue weighted by Crippen LogP contribution is 2.44. The number of benzene rings is 2. The van der Waals surface area contributed by atoms with Gasteiger partial charge in [-0.1, -0.05) is 19.1 Å². The fraction of sp³-hybridized carbons (Fsp3) is 0.391. The minimum atomic E-state index is -1.20. The van der Waals surface area contributed by atoms with Gasteiger partial charge in [-0.15, -0.1) is 6.58 Å². The Balaban J connectivity index is 1.76. The van der Waals surface area contributed by atoms with E-state index < -0.39 is 17.5 Å². The third-order valence-corrected chi connectivity index (χ3v) is 4.73. The first-order valence-electron chi connectivity index (χ1n) is 9.85. The summed E-state index contributed by atoms with van der Waals surface area (Å²) in [6.45, 7) is 9.94. The monoisotopic (exact) mass is 422 g/mol. The van der Waals surface area contributed by atoms with Crippen LogP contribution in [0.5, 0.6) is 23.0 Å². The zero-order chi connectivity index (χ0) is 21.8. The molecule has 1 aliphatic heterocycles. The van der Waals surface area contributed by atoms with E-state index in [0.717, 1.165) is 0 Å². The molecule has 0 amide bonds. The lowest BCUT2D eigenvalue weighted by Gasteiger charge is -2.23. The van der Waals surface area contributed by atoms with Crippen molar-refractivity contribution in [2.24, 2.45) is 5.92 Å². The van der Waals surface area contributed by atoms with Gasteiger partial charge in [0.05, 0.1) is 25.9 Å². The minimum Gasteiger partial charge on any atom is -0.491 e. The van der Waals surface area contributed by atoms with Crippen molar-refractivity contribution in [1.82, 2.24) is 0 Å². The van der Waals surface area contributed by atoms with Crippen molar-refractivity contribution in [3.05, 3.63) is 59.4 Å². The predicted molar refractivity (Wildman–Crippen MR) is 107 cm³/mol. The molecular formula is C23H25F3O4. The SMILES string of the molecule is C=CC(C)OCC(C)COc1ccc2c(c1F)Oc1c(cc(OCC)c(F)c1F)C2. The van der Waals surface area contributed by atoms with Crippen molar-refractivity contribution >= 4 is 0 Å². The second kappa shape index (κ2) is 9.43. The Hall–Kier alpha value is -2.67. The highest BCUT2D eigenvalue weighted by molar-refractivity contribution is 5.55. The Morgan fingerprint density at radius 1 is 1.00 bits per heavy atom. The predicted octanol–water partition coefficient (Wildman–Crippen LogP) is 5.81. The molecule has 1 aliphatic rings. The van der Waals surface area contributed by atoms with Gasteiger partial charge in [0.25, 0.3) is 0 Å². The Labute approximate surface area is 174 Å². The van der Waals surface area contributed by atoms with Gasteiger partial charge in [-0.2, -0.15) is 13.2 Å². The van der Waals surface area contributed by atoms with Crippen LogP contribution in [0.1, 0.15) is 31.9 Å². The fourth-order valence-electron chi connectivity index (χ4n) is 3.05. The van der Waals surface area contributed by atoms with E-state index in [2.05, 4.69) is 6.58 Å². The molecule has 2 aromatic carbocycles. The van der Waals surface area contributed by atoms with Crippen LogP contribution in [-0.4, -0.2) is 25.9 Å². The summed E-state index contributed by atoms with van der Waals surface area (Å²) in [5.41, 5.74) is 0.900. The van der Waals surface area contributed by atoms with Gasteiger partial charge in [0.1, 0.15) is 0 Å². The molecule has 0 aromatic heterocycles. The summed E-state index contributed by atoms with van der Waals surface area (Å²) in [6, 6.07) is 4.54. The molecule has 3 rings (SSSR count). The largest absolute Gasteiger partial charge is 0.491 e. The molecule has 0 fully saturated rings. The molecule has 2 atom stereocenters. The number of ether oxygens (including phenoxy) is 4. The van der Waals surface area contributed by atoms with E-state index in [4.69, 9.17) is 18.9 Å². The quantitative estimate of drug-likeness (QED) is 0.408. The average molecular weight is 422 g/mol. The van der Waals surface area contributed by atoms with Gasteiger partial charge in [-0.25, -0.2) is 0 Å². The molecular weight excluding hydrogens is 397 g/mol. The van der Waals surface area contributed by atoms with E-state index in [0.29, 0.717) is 17.7 Å². The lowest BCUT2D eigenvalue weighted by molar-refractivity contribution is 0.0566. The average Bonchev–Trinajstić information content (AvgIpc) is 2.74. The molecule has 2 unspecified atom stereocenters. The highest BCUT2D eigenvalue weighted by atomic mass is 19.2. The number of halogens is 3. The molecule has 2 aromatic rings. The zero-order valence-electron chi connectivity index (χ0n) is 17.3. The second-order valence-electron chi connectivity index (χ2n) is 7.26. The Bertz CT molecular complexity index is 929. The summed E-state index contributed by atoms with van der Waals surface area (Å²) in [5, 5.41) is 0. The van der Waals surface area contributed by atoms with Crippen molar-refractivity contribution in [1.29, 1.82) is 0 Å². The summed E-state index contributed by atoms with van der Waals surface area (Å²) in [6.07, 6.45) is 1.79. The van der Waals surface area contributed by atoms with Crippen LogP contribution in [0.25, 0.3) is 0 Å². The van der Waals surface area contributed by atoms with Gasteiger partial charge >= 0.3 is 0 Å². The first-order valence-corrected chi connectivity index (χ1v) is 9.85. The Morgan fingerprint density at radius 2 is 1.73 bits per heavy atom. The van der Waals surface area contributed by atoms with Gasteiger partial charge in [0.2, 0.25) is 17.5 Å². The Kier molecular flexibility index (Phi) is 6.92. The maximum Gasteiger partial charge on any atom is 0.207 e. The summed E-state index contributed by atoms with van der Waals surface area (Å²) in [7, 11) is 0. The van der Waals surface area contributed by atoms with Gasteiger partial charge in [0.15, 0.2) is 23.0 Å². The first kappa shape index (κ1) is 22.0. The van der Waals surface area contributed by atoms with Gasteiger partial charge in [-0.05, 0) is 26.0 Å². The van der Waals surface area contributed by atoms with Crippen molar-refractivity contribution in [3.63, 3.8) is 0 Å². The van der Waals surface area contributed by atoms with Crippen LogP contribution in [0.3, 0.4) is 0 Å². The standard InChI is InChI=1S/C23H25F3O4/c1-5-14(4)28-11-13(3)12-29-17-8-7-15-9-16-10-18(27-6-2)19(24)21(26)23(16)30-22(15)20(17)25/h5,7-8,10,13-14H,1,6,9,11-12H2,2-4H3. The first-order chi connectivity index (χ1) is 14.3. The van der Waals surface area contributed by atoms with E-state index >= 15 is 0 Å². The van der Waals surface area contributed by atoms with Gasteiger partial charge in [0, 0.05) is 23.5 Å². The smallest absolute Gasteiger partial charge is 0.207 e. The molecule has 30 heavy (non-hydrogen) atoms. The van der Waals surface area contributed by atoms with E-state index in [-0.39, 0.29) is 54.7 Å². The Morgan fingerprint density at radius 3 is 2.43 bits per heavy atom. The van der Waals surface area contributed by atoms with Crippen LogP contribution in [0.15, 0.2) is 30.9 Å². The second-order valence-corrected chi connectivity index (χ2v) is 7.26. The summed E-state index contributed by atoms with van der Waals surface area (Å²) in [4.78, 5) is 0. The van der Waals surface area contributed by atoms with Crippen LogP contribution in [0.4, 0.5) is 13.2 Å². The van der Waals surface area contributed by atoms with E-state index in [1.807, 2.05) is 13.8 Å². The number of rotatable bonds is 9. The van der Waals surface area contributed by atoms with Crippen molar-refractivity contribution in [3.8, 4) is 23.0 Å². The van der Waals surface area contributed by atoms with E-state index in [9.17, 15) is 13.2 Å². The highest BCUT2D eigenvalue weighted by Gasteiger charge is 2.29. The minimum absolute atomic E-state index is 0.00741. The van der Waals surface area contributed by atoms with Crippen LogP contribution in [0, 0.1) is 23.4 Å². The molecule has 0 bridgehead atoms. The lowest BCUT2D eigenvalue weighted by atomic mass is 9.99. The van der Waals surface area contributed by atoms with Crippen LogP contribution in [-0.2, 0) is 11.2 Å². The molecule has 0 saturated carbocycles. The van der Waals surface area contributed by atoms with Crippen molar-refractivity contribution < 1.29 is 32.1 Å². The molecule has 0 spiro atoms. The maximum atomic E-state index is 15.0. The van der Waals surface area contributed by atoms with Crippen LogP contribution >= 0.6 is 0 Å². The molecule has 0 aliphatic carbocycles. The summed E-state index contributed by atoms with van der Waals surface area (Å²) >= 11 is 0. The number of hydrogen-bond acceptors (Lipinski definition) is 4. The molecule has 0 saturated heterocycles. The summed E-state index contributed by atoms with van der Waals surface area (Å²) in [5.74, 6) is -3.81. The van der Waals surface area contributed by atoms with E-state index in [1.54, 1.807) is 19.1 Å². The number of hydrogen-bond donors (Lipinski definition) is 0. The lowest BCUT2D eigenvalue weighted by Crippen LogP contribution is -2.18. The molecule has 0 N–H and O–H groups in total. The molecule has 7 heteroatoms. The zero-order valence-corrected chi connectivity index (χ0v) is 17.3. The fourth-order valence-corrected chi connectivity index (χ4v) is 3.05. The third kappa shape index (κ3) is 4.56. The van der Waals surface area contributed by atoms with Crippen LogP contribution < -0.4 is 14.2 Å². The maximum absolute atomic E-state index is 15.0. The molecule has 162 valence electrons. The third-order valence-electron chi connectivity index (χ3n) is 4.73. The topological polar surface area (TPSA) is 36.9 Å². The van der Waals surface area contributed by atoms with Crippen molar-refractivity contribution in [2.45, 2.75) is 33.3 Å². The van der Waals surface area contributed by atoms with Crippen molar-refractivity contribution in [2.75, 3.05) is 19.8 Å². The molecule has 0 radical (unpaired) electrons. The van der Waals surface area contributed by atoms with Gasteiger partial charge < -0.3 is 18.9 Å². The normalized spacial score (nSPS) is 14.2. The van der Waals surface area contributed by atoms with Gasteiger partial charge in [-0.3, -0.25) is 0 Å². The summed E-state index contributed by atoms with van der Waals surface area (Å²) < 4.78 is 65.3. The molecule has 1 heterocycles. The molecule has 4 nitrogen and oxygen atoms in total. The number of fused-ring (bicyclic) bond motifs is 2.